The van der Waals surface area contributed by atoms with E-state index in [0.29, 0.717) is 6.61 Å². The molecule has 0 aliphatic heterocycles. The van der Waals surface area contributed by atoms with Crippen molar-refractivity contribution in [2.24, 2.45) is 0 Å². The van der Waals surface area contributed by atoms with Gasteiger partial charge in [-0.3, -0.25) is 9.69 Å². The van der Waals surface area contributed by atoms with Crippen molar-refractivity contribution < 1.29 is 14.6 Å². The Kier molecular flexibility index (Phi) is 6.49. The molecule has 84 valence electrons. The lowest BCUT2D eigenvalue weighted by Crippen LogP contribution is -2.43. The number of carbonyl (C=O) groups is 1. The third kappa shape index (κ3) is 4.58. The smallest absolute Gasteiger partial charge is 0.304 e. The van der Waals surface area contributed by atoms with E-state index in [9.17, 15) is 4.79 Å². The second-order valence-corrected chi connectivity index (χ2v) is 3.58. The number of hydrogen-bond donors (Lipinski definition) is 1. The van der Waals surface area contributed by atoms with Crippen LogP contribution in [0.2, 0.25) is 0 Å². The fraction of sp³-hybridized carbons (Fsp3) is 0.900. The van der Waals surface area contributed by atoms with E-state index in [1.165, 1.54) is 0 Å². The maximum absolute atomic E-state index is 10.6. The highest BCUT2D eigenvalue weighted by Crippen LogP contribution is 2.08. The van der Waals surface area contributed by atoms with Crippen LogP contribution >= 0.6 is 0 Å². The molecule has 4 heteroatoms. The fourth-order valence-electron chi connectivity index (χ4n) is 1.76. The summed E-state index contributed by atoms with van der Waals surface area (Å²) >= 11 is 0. The molecule has 2 atom stereocenters. The Morgan fingerprint density at radius 1 is 1.43 bits per heavy atom. The van der Waals surface area contributed by atoms with E-state index < -0.39 is 5.97 Å². The van der Waals surface area contributed by atoms with Crippen LogP contribution in [0, 0.1) is 0 Å². The molecular formula is C10H21NO3. The quantitative estimate of drug-likeness (QED) is 0.675. The van der Waals surface area contributed by atoms with Gasteiger partial charge in [0.15, 0.2) is 0 Å². The molecule has 0 aromatic rings. The number of ether oxygens (including phenoxy) is 1. The van der Waals surface area contributed by atoms with Crippen LogP contribution in [0.3, 0.4) is 0 Å². The molecule has 0 fully saturated rings. The summed E-state index contributed by atoms with van der Waals surface area (Å²) in [6, 6.07) is 0.321. The Labute approximate surface area is 85.9 Å². The Hall–Kier alpha value is -0.610. The third-order valence-corrected chi connectivity index (χ3v) is 2.38. The second kappa shape index (κ2) is 6.79. The topological polar surface area (TPSA) is 49.8 Å². The molecule has 14 heavy (non-hydrogen) atoms. The molecule has 0 spiro atoms. The van der Waals surface area contributed by atoms with E-state index in [-0.39, 0.29) is 18.5 Å². The maximum Gasteiger partial charge on any atom is 0.304 e. The number of rotatable bonds is 7. The first-order chi connectivity index (χ1) is 6.52. The highest BCUT2D eigenvalue weighted by molar-refractivity contribution is 5.67. The predicted molar refractivity (Wildman–Crippen MR) is 55.4 cm³/mol. The minimum absolute atomic E-state index is 0.0580. The number of nitrogens with zero attached hydrogens (tertiary/aromatic N) is 1. The zero-order chi connectivity index (χ0) is 11.1. The minimum atomic E-state index is -0.749. The molecule has 0 radical (unpaired) electrons. The molecule has 4 nitrogen and oxygen atoms in total. The second-order valence-electron chi connectivity index (χ2n) is 3.58. The van der Waals surface area contributed by atoms with Crippen molar-refractivity contribution >= 4 is 5.97 Å². The summed E-state index contributed by atoms with van der Waals surface area (Å²) in [4.78, 5) is 12.7. The first kappa shape index (κ1) is 13.4. The summed E-state index contributed by atoms with van der Waals surface area (Å²) in [6.07, 6.45) is 0.182. The zero-order valence-corrected chi connectivity index (χ0v) is 9.49. The highest BCUT2D eigenvalue weighted by Gasteiger charge is 2.20. The monoisotopic (exact) mass is 203 g/mol. The molecule has 0 aliphatic carbocycles. The molecule has 2 unspecified atom stereocenters. The van der Waals surface area contributed by atoms with Crippen LogP contribution in [0.5, 0.6) is 0 Å². The normalized spacial score (nSPS) is 15.5. The first-order valence-corrected chi connectivity index (χ1v) is 4.99. The number of aliphatic carboxylic acids is 1. The first-order valence-electron chi connectivity index (χ1n) is 4.99. The van der Waals surface area contributed by atoms with Gasteiger partial charge >= 0.3 is 5.97 Å². The Bertz CT molecular complexity index is 173. The SMILES string of the molecule is CCN(C(C)COC)C(C)CC(=O)O. The van der Waals surface area contributed by atoms with Gasteiger partial charge in [0.1, 0.15) is 0 Å². The van der Waals surface area contributed by atoms with Crippen LogP contribution in [0.1, 0.15) is 27.2 Å². The van der Waals surface area contributed by atoms with Gasteiger partial charge in [-0.1, -0.05) is 6.92 Å². The summed E-state index contributed by atoms with van der Waals surface area (Å²) < 4.78 is 5.05. The van der Waals surface area contributed by atoms with Gasteiger partial charge in [-0.15, -0.1) is 0 Å². The van der Waals surface area contributed by atoms with Crippen molar-refractivity contribution in [2.45, 2.75) is 39.3 Å². The summed E-state index contributed by atoms with van der Waals surface area (Å²) in [5.41, 5.74) is 0. The molecular weight excluding hydrogens is 182 g/mol. The van der Waals surface area contributed by atoms with Gasteiger partial charge in [-0.2, -0.15) is 0 Å². The van der Waals surface area contributed by atoms with E-state index in [1.807, 2.05) is 20.8 Å². The van der Waals surface area contributed by atoms with Crippen LogP contribution in [-0.2, 0) is 9.53 Å². The predicted octanol–water partition coefficient (Wildman–Crippen LogP) is 1.21. The third-order valence-electron chi connectivity index (χ3n) is 2.38. The molecule has 0 aromatic carbocycles. The van der Waals surface area contributed by atoms with Crippen molar-refractivity contribution in [1.29, 1.82) is 0 Å². The molecule has 0 saturated carbocycles. The van der Waals surface area contributed by atoms with E-state index >= 15 is 0 Å². The van der Waals surface area contributed by atoms with E-state index in [2.05, 4.69) is 4.90 Å². The van der Waals surface area contributed by atoms with Gasteiger partial charge in [-0.25, -0.2) is 0 Å². The van der Waals surface area contributed by atoms with Gasteiger partial charge in [0, 0.05) is 19.2 Å². The number of carboxylic acids is 1. The lowest BCUT2D eigenvalue weighted by molar-refractivity contribution is -0.138. The average molecular weight is 203 g/mol. The van der Waals surface area contributed by atoms with Crippen LogP contribution in [0.25, 0.3) is 0 Å². The van der Waals surface area contributed by atoms with Crippen molar-refractivity contribution in [2.75, 3.05) is 20.3 Å². The van der Waals surface area contributed by atoms with Gasteiger partial charge in [-0.05, 0) is 20.4 Å². The zero-order valence-electron chi connectivity index (χ0n) is 9.49. The molecule has 0 aromatic heterocycles. The van der Waals surface area contributed by atoms with Crippen molar-refractivity contribution in [1.82, 2.24) is 4.90 Å². The number of methoxy groups -OCH3 is 1. The van der Waals surface area contributed by atoms with Crippen molar-refractivity contribution in [3.05, 3.63) is 0 Å². The van der Waals surface area contributed by atoms with Gasteiger partial charge < -0.3 is 9.84 Å². The Morgan fingerprint density at radius 3 is 2.36 bits per heavy atom. The average Bonchev–Trinajstić information content (AvgIpc) is 2.04. The number of hydrogen-bond acceptors (Lipinski definition) is 3. The Morgan fingerprint density at radius 2 is 2.00 bits per heavy atom. The number of likely N-dealkylation sites (N-methyl/N-ethyl adjacent to an activating group) is 1. The van der Waals surface area contributed by atoms with E-state index in [1.54, 1.807) is 7.11 Å². The van der Waals surface area contributed by atoms with Crippen LogP contribution < -0.4 is 0 Å². The highest BCUT2D eigenvalue weighted by atomic mass is 16.5. The molecule has 0 bridgehead atoms. The largest absolute Gasteiger partial charge is 0.481 e. The summed E-state index contributed by atoms with van der Waals surface area (Å²) in [5.74, 6) is -0.749. The standard InChI is InChI=1S/C10H21NO3/c1-5-11(9(3)7-14-4)8(2)6-10(12)13/h8-9H,5-7H2,1-4H3,(H,12,13). The molecule has 1 N–H and O–H groups in total. The molecule has 0 rings (SSSR count). The summed E-state index contributed by atoms with van der Waals surface area (Å²) in [6.45, 7) is 7.50. The molecule has 0 saturated heterocycles. The summed E-state index contributed by atoms with van der Waals surface area (Å²) in [5, 5.41) is 8.68. The molecule has 0 aliphatic rings. The summed E-state index contributed by atoms with van der Waals surface area (Å²) in [7, 11) is 1.66. The maximum atomic E-state index is 10.6. The minimum Gasteiger partial charge on any atom is -0.481 e. The fourth-order valence-corrected chi connectivity index (χ4v) is 1.76. The molecule has 0 heterocycles. The van der Waals surface area contributed by atoms with Gasteiger partial charge in [0.05, 0.1) is 13.0 Å². The van der Waals surface area contributed by atoms with Crippen LogP contribution in [0.4, 0.5) is 0 Å². The lowest BCUT2D eigenvalue weighted by Gasteiger charge is -2.32. The van der Waals surface area contributed by atoms with Crippen molar-refractivity contribution in [3.63, 3.8) is 0 Å². The van der Waals surface area contributed by atoms with Crippen molar-refractivity contribution in [3.8, 4) is 0 Å². The van der Waals surface area contributed by atoms with E-state index in [4.69, 9.17) is 9.84 Å². The van der Waals surface area contributed by atoms with Gasteiger partial charge in [0.2, 0.25) is 0 Å². The van der Waals surface area contributed by atoms with E-state index in [0.717, 1.165) is 6.54 Å². The lowest BCUT2D eigenvalue weighted by atomic mass is 10.1. The van der Waals surface area contributed by atoms with Gasteiger partial charge in [0.25, 0.3) is 0 Å². The Balaban J connectivity index is 4.16. The van der Waals surface area contributed by atoms with Crippen LogP contribution in [-0.4, -0.2) is 48.3 Å². The molecule has 0 amide bonds. The number of carboxylic acid groups (broad SMARTS) is 1. The van der Waals surface area contributed by atoms with Crippen LogP contribution in [0.15, 0.2) is 0 Å².